The second-order valence-electron chi connectivity index (χ2n) is 8.31. The van der Waals surface area contributed by atoms with Gasteiger partial charge in [0.15, 0.2) is 0 Å². The number of methoxy groups -OCH3 is 1. The third kappa shape index (κ3) is 6.51. The zero-order valence-corrected chi connectivity index (χ0v) is 20.6. The Bertz CT molecular complexity index is 1100. The molecule has 1 aliphatic rings. The molecule has 3 aromatic rings. The summed E-state index contributed by atoms with van der Waals surface area (Å²) in [5, 5.41) is 1.32. The molecule has 0 aromatic heterocycles. The van der Waals surface area contributed by atoms with E-state index in [1.807, 2.05) is 47.4 Å². The van der Waals surface area contributed by atoms with E-state index in [2.05, 4.69) is 11.0 Å². The Morgan fingerprint density at radius 1 is 0.912 bits per heavy atom. The van der Waals surface area contributed by atoms with Gasteiger partial charge in [-0.15, -0.1) is 0 Å². The molecule has 1 amide bonds. The molecule has 5 nitrogen and oxygen atoms in total. The Morgan fingerprint density at radius 2 is 1.65 bits per heavy atom. The average Bonchev–Trinajstić information content (AvgIpc) is 2.87. The van der Waals surface area contributed by atoms with E-state index in [0.717, 1.165) is 36.5 Å². The molecule has 1 aliphatic heterocycles. The van der Waals surface area contributed by atoms with Crippen LogP contribution in [0.5, 0.6) is 5.75 Å². The lowest BCUT2D eigenvalue weighted by Crippen LogP contribution is -2.49. The lowest BCUT2D eigenvalue weighted by molar-refractivity contribution is 0.00333. The monoisotopic (exact) mass is 498 g/mol. The number of amides is 1. The van der Waals surface area contributed by atoms with E-state index in [1.165, 1.54) is 0 Å². The van der Waals surface area contributed by atoms with Crippen molar-refractivity contribution in [3.63, 3.8) is 0 Å². The van der Waals surface area contributed by atoms with Crippen LogP contribution in [-0.2, 0) is 11.3 Å². The second kappa shape index (κ2) is 11.7. The standard InChI is InChI=1S/C27H28Cl2N2O3/c1-33-25-7-3-5-22(17-25)26(34-19-20-4-2-6-24(29)16-20)18-30-12-14-31(15-13-30)27(32)21-8-10-23(28)11-9-21/h2-11,16-17,26H,12-15,18-19H2,1H3. The van der Waals surface area contributed by atoms with E-state index < -0.39 is 0 Å². The fraction of sp³-hybridized carbons (Fsp3) is 0.296. The van der Waals surface area contributed by atoms with Gasteiger partial charge in [0.1, 0.15) is 5.75 Å². The van der Waals surface area contributed by atoms with Gasteiger partial charge in [-0.05, 0) is 59.7 Å². The number of piperazine rings is 1. The maximum atomic E-state index is 12.8. The molecular weight excluding hydrogens is 471 g/mol. The summed E-state index contributed by atoms with van der Waals surface area (Å²) in [6, 6.07) is 22.8. The van der Waals surface area contributed by atoms with Crippen molar-refractivity contribution in [1.82, 2.24) is 9.80 Å². The van der Waals surface area contributed by atoms with Crippen molar-refractivity contribution in [2.24, 2.45) is 0 Å². The first kappa shape index (κ1) is 24.6. The van der Waals surface area contributed by atoms with Gasteiger partial charge in [-0.25, -0.2) is 0 Å². The van der Waals surface area contributed by atoms with Crippen molar-refractivity contribution >= 4 is 29.1 Å². The summed E-state index contributed by atoms with van der Waals surface area (Å²) >= 11 is 12.1. The molecule has 178 valence electrons. The first-order valence-corrected chi connectivity index (χ1v) is 12.0. The summed E-state index contributed by atoms with van der Waals surface area (Å²) in [5.74, 6) is 0.838. The van der Waals surface area contributed by atoms with Crippen LogP contribution in [0.4, 0.5) is 0 Å². The fourth-order valence-electron chi connectivity index (χ4n) is 4.06. The quantitative estimate of drug-likeness (QED) is 0.398. The molecule has 1 atom stereocenters. The van der Waals surface area contributed by atoms with Gasteiger partial charge < -0.3 is 14.4 Å². The van der Waals surface area contributed by atoms with E-state index in [0.29, 0.717) is 35.3 Å². The summed E-state index contributed by atoms with van der Waals surface area (Å²) in [6.07, 6.45) is -0.146. The average molecular weight is 499 g/mol. The van der Waals surface area contributed by atoms with Crippen LogP contribution in [-0.4, -0.2) is 55.5 Å². The molecule has 1 saturated heterocycles. The lowest BCUT2D eigenvalue weighted by Gasteiger charge is -2.36. The number of hydrogen-bond donors (Lipinski definition) is 0. The lowest BCUT2D eigenvalue weighted by atomic mass is 10.1. The summed E-state index contributed by atoms with van der Waals surface area (Å²) in [4.78, 5) is 17.1. The molecule has 0 spiro atoms. The first-order valence-electron chi connectivity index (χ1n) is 11.3. The molecule has 0 bridgehead atoms. The summed E-state index contributed by atoms with van der Waals surface area (Å²) < 4.78 is 11.8. The Morgan fingerprint density at radius 3 is 2.35 bits per heavy atom. The van der Waals surface area contributed by atoms with Gasteiger partial charge in [0.2, 0.25) is 0 Å². The molecule has 0 N–H and O–H groups in total. The van der Waals surface area contributed by atoms with E-state index in [-0.39, 0.29) is 12.0 Å². The minimum atomic E-state index is -0.146. The number of hydrogen-bond acceptors (Lipinski definition) is 4. The van der Waals surface area contributed by atoms with Crippen molar-refractivity contribution in [3.05, 3.63) is 99.5 Å². The zero-order valence-electron chi connectivity index (χ0n) is 19.1. The third-order valence-electron chi connectivity index (χ3n) is 5.98. The smallest absolute Gasteiger partial charge is 0.253 e. The normalized spacial score (nSPS) is 15.2. The third-order valence-corrected chi connectivity index (χ3v) is 6.47. The molecule has 0 aliphatic carbocycles. The predicted octanol–water partition coefficient (Wildman–Crippen LogP) is 5.72. The number of benzene rings is 3. The Hall–Kier alpha value is -2.57. The van der Waals surface area contributed by atoms with Crippen LogP contribution in [0.2, 0.25) is 10.0 Å². The van der Waals surface area contributed by atoms with Gasteiger partial charge in [-0.2, -0.15) is 0 Å². The number of rotatable bonds is 8. The Labute approximate surface area is 210 Å². The molecule has 34 heavy (non-hydrogen) atoms. The molecule has 4 rings (SSSR count). The first-order chi connectivity index (χ1) is 16.5. The maximum absolute atomic E-state index is 12.8. The van der Waals surface area contributed by atoms with Gasteiger partial charge in [-0.3, -0.25) is 9.69 Å². The molecule has 1 heterocycles. The SMILES string of the molecule is COc1cccc(C(CN2CCN(C(=O)c3ccc(Cl)cc3)CC2)OCc2cccc(Cl)c2)c1. The minimum Gasteiger partial charge on any atom is -0.497 e. The molecule has 0 saturated carbocycles. The van der Waals surface area contributed by atoms with E-state index in [4.69, 9.17) is 32.7 Å². The maximum Gasteiger partial charge on any atom is 0.253 e. The van der Waals surface area contributed by atoms with E-state index in [9.17, 15) is 4.79 Å². The fourth-order valence-corrected chi connectivity index (χ4v) is 4.40. The Balaban J connectivity index is 1.40. The number of ether oxygens (including phenoxy) is 2. The second-order valence-corrected chi connectivity index (χ2v) is 9.18. The molecule has 3 aromatic carbocycles. The van der Waals surface area contributed by atoms with Crippen LogP contribution >= 0.6 is 23.2 Å². The van der Waals surface area contributed by atoms with E-state index >= 15 is 0 Å². The summed E-state index contributed by atoms with van der Waals surface area (Å²) in [6.45, 7) is 4.07. The van der Waals surface area contributed by atoms with Crippen LogP contribution in [0.15, 0.2) is 72.8 Å². The van der Waals surface area contributed by atoms with Crippen molar-refractivity contribution < 1.29 is 14.3 Å². The molecule has 1 unspecified atom stereocenters. The topological polar surface area (TPSA) is 42.0 Å². The predicted molar refractivity (Wildman–Crippen MR) is 136 cm³/mol. The van der Waals surface area contributed by atoms with Gasteiger partial charge in [0.05, 0.1) is 19.8 Å². The molecule has 1 fully saturated rings. The van der Waals surface area contributed by atoms with Gasteiger partial charge >= 0.3 is 0 Å². The number of nitrogens with zero attached hydrogens (tertiary/aromatic N) is 2. The molecular formula is C27H28Cl2N2O3. The van der Waals surface area contributed by atoms with Crippen LogP contribution in [0.25, 0.3) is 0 Å². The van der Waals surface area contributed by atoms with Crippen molar-refractivity contribution in [2.45, 2.75) is 12.7 Å². The van der Waals surface area contributed by atoms with Gasteiger partial charge in [0, 0.05) is 48.3 Å². The van der Waals surface area contributed by atoms with E-state index in [1.54, 1.807) is 31.4 Å². The highest BCUT2D eigenvalue weighted by Crippen LogP contribution is 2.26. The summed E-state index contributed by atoms with van der Waals surface area (Å²) in [7, 11) is 1.66. The number of carbonyl (C=O) groups is 1. The van der Waals surface area contributed by atoms with Crippen molar-refractivity contribution in [3.8, 4) is 5.75 Å². The van der Waals surface area contributed by atoms with Crippen LogP contribution < -0.4 is 4.74 Å². The minimum absolute atomic E-state index is 0.0397. The van der Waals surface area contributed by atoms with Crippen LogP contribution in [0.1, 0.15) is 27.6 Å². The van der Waals surface area contributed by atoms with Crippen LogP contribution in [0.3, 0.4) is 0 Å². The van der Waals surface area contributed by atoms with Crippen molar-refractivity contribution in [2.75, 3.05) is 39.8 Å². The summed E-state index contributed by atoms with van der Waals surface area (Å²) in [5.41, 5.74) is 2.75. The van der Waals surface area contributed by atoms with Crippen LogP contribution in [0, 0.1) is 0 Å². The molecule has 0 radical (unpaired) electrons. The highest BCUT2D eigenvalue weighted by atomic mass is 35.5. The van der Waals surface area contributed by atoms with Gasteiger partial charge in [0.25, 0.3) is 5.91 Å². The Kier molecular flexibility index (Phi) is 8.46. The highest BCUT2D eigenvalue weighted by molar-refractivity contribution is 6.30. The largest absolute Gasteiger partial charge is 0.497 e. The number of carbonyl (C=O) groups excluding carboxylic acids is 1. The number of halogens is 2. The molecule has 7 heteroatoms. The highest BCUT2D eigenvalue weighted by Gasteiger charge is 2.25. The van der Waals surface area contributed by atoms with Crippen molar-refractivity contribution in [1.29, 1.82) is 0 Å². The van der Waals surface area contributed by atoms with Gasteiger partial charge in [-0.1, -0.05) is 47.5 Å². The zero-order chi connectivity index (χ0) is 23.9.